The number of primary amides is 1. The Balaban J connectivity index is 1.82. The summed E-state index contributed by atoms with van der Waals surface area (Å²) in [6.07, 6.45) is 0.0695. The maximum atomic E-state index is 11.9. The van der Waals surface area contributed by atoms with Crippen LogP contribution in [0.1, 0.15) is 34.2 Å². The van der Waals surface area contributed by atoms with Gasteiger partial charge >= 0.3 is 0 Å². The molecule has 1 heterocycles. The number of amides is 1. The molecule has 0 aliphatic carbocycles. The van der Waals surface area contributed by atoms with Crippen LogP contribution < -0.4 is 5.73 Å². The summed E-state index contributed by atoms with van der Waals surface area (Å²) in [5.74, 6) is -0.247. The van der Waals surface area contributed by atoms with E-state index in [4.69, 9.17) is 21.9 Å². The lowest BCUT2D eigenvalue weighted by molar-refractivity contribution is 0.0997. The zero-order valence-corrected chi connectivity index (χ0v) is 14.1. The van der Waals surface area contributed by atoms with Gasteiger partial charge in [0.25, 0.3) is 5.91 Å². The highest BCUT2D eigenvalue weighted by atomic mass is 35.5. The third kappa shape index (κ3) is 3.90. The highest BCUT2D eigenvalue weighted by Crippen LogP contribution is 2.28. The second kappa shape index (κ2) is 7.51. The molecule has 0 radical (unpaired) electrons. The van der Waals surface area contributed by atoms with Crippen molar-refractivity contribution < 1.29 is 14.4 Å². The predicted octanol–water partition coefficient (Wildman–Crippen LogP) is 3.76. The summed E-state index contributed by atoms with van der Waals surface area (Å²) < 4.78 is 5.33. The quantitative estimate of drug-likeness (QED) is 0.703. The Morgan fingerprint density at radius 2 is 1.84 bits per heavy atom. The fourth-order valence-electron chi connectivity index (χ4n) is 2.66. The summed E-state index contributed by atoms with van der Waals surface area (Å²) in [5.41, 5.74) is 7.64. The molecule has 6 heteroatoms. The van der Waals surface area contributed by atoms with Crippen LogP contribution in [0.4, 0.5) is 0 Å². The van der Waals surface area contributed by atoms with E-state index in [-0.39, 0.29) is 5.56 Å². The van der Waals surface area contributed by atoms with Crippen LogP contribution in [-0.4, -0.2) is 16.2 Å². The highest BCUT2D eigenvalue weighted by molar-refractivity contribution is 6.30. The number of nitrogens with two attached hydrogens (primary N) is 1. The lowest BCUT2D eigenvalue weighted by Gasteiger charge is -2.09. The van der Waals surface area contributed by atoms with Crippen molar-refractivity contribution in [3.05, 3.63) is 76.5 Å². The third-order valence-electron chi connectivity index (χ3n) is 3.96. The molecule has 0 saturated carbocycles. The molecule has 25 heavy (non-hydrogen) atoms. The van der Waals surface area contributed by atoms with Gasteiger partial charge in [-0.2, -0.15) is 0 Å². The van der Waals surface area contributed by atoms with E-state index in [1.807, 2.05) is 30.3 Å². The zero-order chi connectivity index (χ0) is 17.8. The topological polar surface area (TPSA) is 89.4 Å². The van der Waals surface area contributed by atoms with E-state index in [1.54, 1.807) is 24.3 Å². The Hall–Kier alpha value is -2.63. The third-order valence-corrected chi connectivity index (χ3v) is 4.21. The van der Waals surface area contributed by atoms with E-state index in [0.717, 1.165) is 5.56 Å². The first-order valence-corrected chi connectivity index (χ1v) is 8.21. The van der Waals surface area contributed by atoms with E-state index in [0.29, 0.717) is 34.9 Å². The van der Waals surface area contributed by atoms with Crippen LogP contribution in [-0.2, 0) is 6.42 Å². The summed E-state index contributed by atoms with van der Waals surface area (Å²) in [5, 5.41) is 14.8. The molecule has 3 rings (SSSR count). The SMILES string of the molecule is NC(=O)c1c(-c2ccc(Cl)cc2)noc1CCC(O)c1ccccc1. The van der Waals surface area contributed by atoms with Crippen LogP contribution in [0.15, 0.2) is 59.1 Å². The van der Waals surface area contributed by atoms with Gasteiger partial charge in [0.05, 0.1) is 6.10 Å². The Morgan fingerprint density at radius 1 is 1.16 bits per heavy atom. The molecule has 5 nitrogen and oxygen atoms in total. The molecule has 1 aromatic heterocycles. The van der Waals surface area contributed by atoms with Crippen molar-refractivity contribution in [3.8, 4) is 11.3 Å². The molecule has 1 amide bonds. The minimum atomic E-state index is -0.661. The Labute approximate surface area is 150 Å². The molecule has 3 N–H and O–H groups in total. The number of benzene rings is 2. The van der Waals surface area contributed by atoms with Crippen molar-refractivity contribution in [2.75, 3.05) is 0 Å². The molecule has 0 bridgehead atoms. The first-order valence-electron chi connectivity index (χ1n) is 7.83. The number of aliphatic hydroxyl groups is 1. The molecular weight excluding hydrogens is 340 g/mol. The summed E-state index contributed by atoms with van der Waals surface area (Å²) in [7, 11) is 0. The van der Waals surface area contributed by atoms with E-state index in [2.05, 4.69) is 5.16 Å². The molecule has 0 spiro atoms. The van der Waals surface area contributed by atoms with Crippen molar-refractivity contribution >= 4 is 17.5 Å². The van der Waals surface area contributed by atoms with Crippen molar-refractivity contribution in [2.45, 2.75) is 18.9 Å². The molecular formula is C19H17ClN2O3. The lowest BCUT2D eigenvalue weighted by Crippen LogP contribution is -2.14. The van der Waals surface area contributed by atoms with Gasteiger partial charge in [-0.3, -0.25) is 4.79 Å². The predicted molar refractivity (Wildman–Crippen MR) is 95.2 cm³/mol. The second-order valence-electron chi connectivity index (χ2n) is 5.67. The van der Waals surface area contributed by atoms with Crippen LogP contribution in [0.25, 0.3) is 11.3 Å². The van der Waals surface area contributed by atoms with Gasteiger partial charge in [0.15, 0.2) is 0 Å². The summed E-state index contributed by atoms with van der Waals surface area (Å²) in [6, 6.07) is 16.2. The molecule has 1 unspecified atom stereocenters. The number of nitrogens with zero attached hydrogens (tertiary/aromatic N) is 1. The van der Waals surface area contributed by atoms with Crippen LogP contribution >= 0.6 is 11.6 Å². The van der Waals surface area contributed by atoms with E-state index in [1.165, 1.54) is 0 Å². The van der Waals surface area contributed by atoms with E-state index >= 15 is 0 Å². The van der Waals surface area contributed by atoms with Crippen molar-refractivity contribution in [2.24, 2.45) is 5.73 Å². The van der Waals surface area contributed by atoms with Gasteiger partial charge in [-0.1, -0.05) is 59.2 Å². The largest absolute Gasteiger partial charge is 0.388 e. The number of carbonyl (C=O) groups is 1. The standard InChI is InChI=1S/C19H17ClN2O3/c20-14-8-6-13(7-9-14)18-17(19(21)24)16(25-22-18)11-10-15(23)12-4-2-1-3-5-12/h1-9,15,23H,10-11H2,(H2,21,24). The summed E-state index contributed by atoms with van der Waals surface area (Å²) in [6.45, 7) is 0. The van der Waals surface area contributed by atoms with Gasteiger partial charge < -0.3 is 15.4 Å². The fourth-order valence-corrected chi connectivity index (χ4v) is 2.79. The fraction of sp³-hybridized carbons (Fsp3) is 0.158. The van der Waals surface area contributed by atoms with Crippen LogP contribution in [0.3, 0.4) is 0 Å². The molecule has 1 atom stereocenters. The van der Waals surface area contributed by atoms with Crippen molar-refractivity contribution in [1.29, 1.82) is 0 Å². The number of rotatable bonds is 6. The molecule has 0 saturated heterocycles. The molecule has 0 aliphatic rings. The van der Waals surface area contributed by atoms with Crippen LogP contribution in [0, 0.1) is 0 Å². The number of aryl methyl sites for hydroxylation is 1. The molecule has 128 valence electrons. The number of halogens is 1. The van der Waals surface area contributed by atoms with Crippen LogP contribution in [0.5, 0.6) is 0 Å². The van der Waals surface area contributed by atoms with E-state index < -0.39 is 12.0 Å². The Kier molecular flexibility index (Phi) is 5.16. The average Bonchev–Trinajstić information content (AvgIpc) is 3.05. The molecule has 0 fully saturated rings. The first kappa shape index (κ1) is 17.2. The van der Waals surface area contributed by atoms with Crippen LogP contribution in [0.2, 0.25) is 5.02 Å². The van der Waals surface area contributed by atoms with Crippen molar-refractivity contribution in [3.63, 3.8) is 0 Å². The molecule has 0 aliphatic heterocycles. The Morgan fingerprint density at radius 3 is 2.48 bits per heavy atom. The number of carbonyl (C=O) groups excluding carboxylic acids is 1. The number of aliphatic hydroxyl groups excluding tert-OH is 1. The average molecular weight is 357 g/mol. The summed E-state index contributed by atoms with van der Waals surface area (Å²) in [4.78, 5) is 11.9. The normalized spacial score (nSPS) is 12.1. The highest BCUT2D eigenvalue weighted by Gasteiger charge is 2.22. The lowest BCUT2D eigenvalue weighted by atomic mass is 10.0. The smallest absolute Gasteiger partial charge is 0.254 e. The van der Waals surface area contributed by atoms with Gasteiger partial charge in [0.1, 0.15) is 17.0 Å². The van der Waals surface area contributed by atoms with Gasteiger partial charge in [0.2, 0.25) is 0 Å². The maximum absolute atomic E-state index is 11.9. The first-order chi connectivity index (χ1) is 12.1. The van der Waals surface area contributed by atoms with Crippen molar-refractivity contribution in [1.82, 2.24) is 5.16 Å². The molecule has 2 aromatic carbocycles. The minimum Gasteiger partial charge on any atom is -0.388 e. The summed E-state index contributed by atoms with van der Waals surface area (Å²) >= 11 is 5.89. The zero-order valence-electron chi connectivity index (χ0n) is 13.4. The Bertz CT molecular complexity index is 860. The number of hydrogen-bond acceptors (Lipinski definition) is 4. The maximum Gasteiger partial charge on any atom is 0.254 e. The van der Waals surface area contributed by atoms with Gasteiger partial charge in [-0.15, -0.1) is 0 Å². The minimum absolute atomic E-state index is 0.239. The van der Waals surface area contributed by atoms with Gasteiger partial charge in [-0.25, -0.2) is 0 Å². The number of hydrogen-bond donors (Lipinski definition) is 2. The van der Waals surface area contributed by atoms with E-state index in [9.17, 15) is 9.90 Å². The second-order valence-corrected chi connectivity index (χ2v) is 6.10. The number of aromatic nitrogens is 1. The monoisotopic (exact) mass is 356 g/mol. The molecule has 3 aromatic rings. The van der Waals surface area contributed by atoms with Gasteiger partial charge in [-0.05, 0) is 24.1 Å². The van der Waals surface area contributed by atoms with Gasteiger partial charge in [0, 0.05) is 17.0 Å².